The van der Waals surface area contributed by atoms with Crippen LogP contribution in [0.15, 0.2) is 12.1 Å². The number of aldehydes is 1. The fourth-order valence-electron chi connectivity index (χ4n) is 1.54. The van der Waals surface area contributed by atoms with Crippen LogP contribution in [-0.2, 0) is 4.79 Å². The summed E-state index contributed by atoms with van der Waals surface area (Å²) in [7, 11) is 2.87. The first-order valence-corrected chi connectivity index (χ1v) is 4.99. The van der Waals surface area contributed by atoms with Gasteiger partial charge in [0.05, 0.1) is 14.2 Å². The van der Waals surface area contributed by atoms with Crippen molar-refractivity contribution in [1.29, 1.82) is 0 Å². The van der Waals surface area contributed by atoms with Crippen LogP contribution < -0.4 is 9.47 Å². The number of carbonyl (C=O) groups is 1. The fraction of sp³-hybridized carbons (Fsp3) is 0.417. The topological polar surface area (TPSA) is 35.5 Å². The van der Waals surface area contributed by atoms with Gasteiger partial charge < -0.3 is 14.3 Å². The van der Waals surface area contributed by atoms with E-state index in [4.69, 9.17) is 9.47 Å². The van der Waals surface area contributed by atoms with Crippen LogP contribution in [0.1, 0.15) is 24.8 Å². The molecule has 1 aromatic carbocycles. The summed E-state index contributed by atoms with van der Waals surface area (Å²) in [5.74, 6) is 0.101. The molecule has 0 aromatic heterocycles. The van der Waals surface area contributed by atoms with Crippen LogP contribution in [0, 0.1) is 5.82 Å². The first kappa shape index (κ1) is 12.5. The summed E-state index contributed by atoms with van der Waals surface area (Å²) in [6, 6.07) is 2.85. The van der Waals surface area contributed by atoms with E-state index in [0.29, 0.717) is 12.2 Å². The van der Waals surface area contributed by atoms with Crippen molar-refractivity contribution in [3.63, 3.8) is 0 Å². The standard InChI is InChI=1S/C12H15FO3/c1-8(4-5-14)9-6-12(16-3)10(13)7-11(9)15-2/h5-8H,4H2,1-3H3. The lowest BCUT2D eigenvalue weighted by Crippen LogP contribution is -2.01. The number of halogens is 1. The van der Waals surface area contributed by atoms with E-state index in [2.05, 4.69) is 0 Å². The van der Waals surface area contributed by atoms with Gasteiger partial charge in [-0.15, -0.1) is 0 Å². The maximum atomic E-state index is 13.4. The third-order valence-corrected chi connectivity index (χ3v) is 2.48. The third kappa shape index (κ3) is 2.51. The Labute approximate surface area is 94.2 Å². The summed E-state index contributed by atoms with van der Waals surface area (Å²) in [6.07, 6.45) is 1.20. The number of hydrogen-bond acceptors (Lipinski definition) is 3. The zero-order valence-corrected chi connectivity index (χ0v) is 9.62. The van der Waals surface area contributed by atoms with Crippen LogP contribution in [0.5, 0.6) is 11.5 Å². The largest absolute Gasteiger partial charge is 0.496 e. The Morgan fingerprint density at radius 3 is 2.44 bits per heavy atom. The molecule has 0 saturated heterocycles. The third-order valence-electron chi connectivity index (χ3n) is 2.48. The second-order valence-corrected chi connectivity index (χ2v) is 3.53. The van der Waals surface area contributed by atoms with Crippen LogP contribution in [0.2, 0.25) is 0 Å². The molecule has 0 N–H and O–H groups in total. The Morgan fingerprint density at radius 2 is 1.94 bits per heavy atom. The average Bonchev–Trinajstić information content (AvgIpc) is 2.28. The molecule has 1 aromatic rings. The summed E-state index contributed by atoms with van der Waals surface area (Å²) in [5.41, 5.74) is 0.771. The summed E-state index contributed by atoms with van der Waals surface area (Å²) in [4.78, 5) is 10.5. The minimum atomic E-state index is -0.471. The lowest BCUT2D eigenvalue weighted by molar-refractivity contribution is -0.108. The minimum Gasteiger partial charge on any atom is -0.496 e. The molecule has 3 nitrogen and oxygen atoms in total. The van der Waals surface area contributed by atoms with E-state index in [9.17, 15) is 9.18 Å². The number of ether oxygens (including phenoxy) is 2. The van der Waals surface area contributed by atoms with Gasteiger partial charge in [-0.2, -0.15) is 0 Å². The van der Waals surface area contributed by atoms with Crippen LogP contribution in [0.4, 0.5) is 4.39 Å². The molecule has 0 radical (unpaired) electrons. The summed E-state index contributed by atoms with van der Waals surface area (Å²) < 4.78 is 23.4. The van der Waals surface area contributed by atoms with E-state index in [1.165, 1.54) is 20.3 Å². The Morgan fingerprint density at radius 1 is 1.31 bits per heavy atom. The molecule has 88 valence electrons. The molecule has 0 spiro atoms. The monoisotopic (exact) mass is 226 g/mol. The van der Waals surface area contributed by atoms with Crippen molar-refractivity contribution in [3.8, 4) is 11.5 Å². The first-order valence-electron chi connectivity index (χ1n) is 4.99. The second-order valence-electron chi connectivity index (χ2n) is 3.53. The maximum absolute atomic E-state index is 13.4. The van der Waals surface area contributed by atoms with Gasteiger partial charge in [-0.25, -0.2) is 4.39 Å². The van der Waals surface area contributed by atoms with E-state index in [-0.39, 0.29) is 11.7 Å². The molecule has 0 fully saturated rings. The van der Waals surface area contributed by atoms with Gasteiger partial charge in [-0.05, 0) is 12.0 Å². The van der Waals surface area contributed by atoms with Crippen LogP contribution in [-0.4, -0.2) is 20.5 Å². The van der Waals surface area contributed by atoms with Crippen molar-refractivity contribution in [2.24, 2.45) is 0 Å². The van der Waals surface area contributed by atoms with E-state index >= 15 is 0 Å². The Hall–Kier alpha value is -1.58. The normalized spacial score (nSPS) is 12.0. The first-order chi connectivity index (χ1) is 7.63. The Bertz CT molecular complexity index is 377. The van der Waals surface area contributed by atoms with Gasteiger partial charge >= 0.3 is 0 Å². The lowest BCUT2D eigenvalue weighted by Gasteiger charge is -2.15. The highest BCUT2D eigenvalue weighted by atomic mass is 19.1. The molecule has 0 bridgehead atoms. The average molecular weight is 226 g/mol. The van der Waals surface area contributed by atoms with Gasteiger partial charge in [0.25, 0.3) is 0 Å². The molecular formula is C12H15FO3. The van der Waals surface area contributed by atoms with Gasteiger partial charge in [-0.3, -0.25) is 0 Å². The Balaban J connectivity index is 3.18. The smallest absolute Gasteiger partial charge is 0.168 e. The van der Waals surface area contributed by atoms with E-state index < -0.39 is 5.82 Å². The van der Waals surface area contributed by atoms with Crippen molar-refractivity contribution in [3.05, 3.63) is 23.5 Å². The lowest BCUT2D eigenvalue weighted by atomic mass is 9.97. The van der Waals surface area contributed by atoms with E-state index in [0.717, 1.165) is 11.8 Å². The highest BCUT2D eigenvalue weighted by molar-refractivity contribution is 5.53. The van der Waals surface area contributed by atoms with Crippen molar-refractivity contribution in [2.45, 2.75) is 19.3 Å². The highest BCUT2D eigenvalue weighted by Gasteiger charge is 2.15. The highest BCUT2D eigenvalue weighted by Crippen LogP contribution is 2.33. The Kier molecular flexibility index (Phi) is 4.28. The summed E-state index contributed by atoms with van der Waals surface area (Å²) in [5, 5.41) is 0. The molecule has 0 aliphatic carbocycles. The van der Waals surface area contributed by atoms with Gasteiger partial charge in [0.1, 0.15) is 12.0 Å². The minimum absolute atomic E-state index is 0.0260. The molecule has 0 amide bonds. The van der Waals surface area contributed by atoms with Gasteiger partial charge in [0.15, 0.2) is 11.6 Å². The second kappa shape index (κ2) is 5.49. The zero-order valence-electron chi connectivity index (χ0n) is 9.62. The number of methoxy groups -OCH3 is 2. The number of rotatable bonds is 5. The molecule has 0 aliphatic heterocycles. The molecule has 1 unspecified atom stereocenters. The van der Waals surface area contributed by atoms with Crippen LogP contribution >= 0.6 is 0 Å². The molecule has 16 heavy (non-hydrogen) atoms. The molecule has 4 heteroatoms. The molecular weight excluding hydrogens is 211 g/mol. The predicted molar refractivity (Wildman–Crippen MR) is 58.6 cm³/mol. The summed E-state index contributed by atoms with van der Waals surface area (Å²) in [6.45, 7) is 1.88. The SMILES string of the molecule is COc1cc(C(C)CC=O)c(OC)cc1F. The van der Waals surface area contributed by atoms with Gasteiger partial charge in [0.2, 0.25) is 0 Å². The number of benzene rings is 1. The van der Waals surface area contributed by atoms with Gasteiger partial charge in [-0.1, -0.05) is 6.92 Å². The molecule has 1 rings (SSSR count). The van der Waals surface area contributed by atoms with Crippen LogP contribution in [0.25, 0.3) is 0 Å². The van der Waals surface area contributed by atoms with Crippen molar-refractivity contribution >= 4 is 6.29 Å². The molecule has 0 heterocycles. The van der Waals surface area contributed by atoms with E-state index in [1.807, 2.05) is 6.92 Å². The van der Waals surface area contributed by atoms with Gasteiger partial charge in [0, 0.05) is 18.1 Å². The van der Waals surface area contributed by atoms with Crippen molar-refractivity contribution in [1.82, 2.24) is 0 Å². The number of carbonyl (C=O) groups excluding carboxylic acids is 1. The number of hydrogen-bond donors (Lipinski definition) is 0. The van der Waals surface area contributed by atoms with Crippen molar-refractivity contribution in [2.75, 3.05) is 14.2 Å². The fourth-order valence-corrected chi connectivity index (χ4v) is 1.54. The maximum Gasteiger partial charge on any atom is 0.168 e. The zero-order chi connectivity index (χ0) is 12.1. The van der Waals surface area contributed by atoms with Crippen LogP contribution in [0.3, 0.4) is 0 Å². The quantitative estimate of drug-likeness (QED) is 0.724. The van der Waals surface area contributed by atoms with Crippen molar-refractivity contribution < 1.29 is 18.7 Å². The molecule has 0 saturated carbocycles. The molecule has 0 aliphatic rings. The summed E-state index contributed by atoms with van der Waals surface area (Å²) >= 11 is 0. The predicted octanol–water partition coefficient (Wildman–Crippen LogP) is 2.54. The molecule has 1 atom stereocenters. The van der Waals surface area contributed by atoms with E-state index in [1.54, 1.807) is 6.07 Å².